The zero-order chi connectivity index (χ0) is 10.0. The molecule has 0 heterocycles. The number of Topliss-reactive ketones (excluding diaryl/α,β-unsaturated/α-hetero) is 1. The molecule has 1 rings (SSSR count). The van der Waals surface area contributed by atoms with Crippen molar-refractivity contribution in [3.8, 4) is 5.75 Å². The second-order valence-electron chi connectivity index (χ2n) is 2.53. The normalized spacial score (nSPS) is 9.85. The van der Waals surface area contributed by atoms with Crippen molar-refractivity contribution in [3.63, 3.8) is 0 Å². The van der Waals surface area contributed by atoms with Gasteiger partial charge in [0.25, 0.3) is 0 Å². The molecule has 4 heteroatoms. The highest BCUT2D eigenvalue weighted by atomic mass is 127. The van der Waals surface area contributed by atoms with Crippen LogP contribution in [0.1, 0.15) is 17.3 Å². The first-order valence-corrected chi connectivity index (χ1v) is 5.76. The van der Waals surface area contributed by atoms with E-state index in [0.717, 1.165) is 18.5 Å². The molecule has 0 radical (unpaired) electrons. The molecule has 0 aliphatic heterocycles. The molecule has 13 heavy (non-hydrogen) atoms. The fourth-order valence-corrected chi connectivity index (χ4v) is 3.17. The van der Waals surface area contributed by atoms with E-state index >= 15 is 0 Å². The molecular formula is C9H8I2O2. The molecule has 0 bridgehead atoms. The average Bonchev–Trinajstić information content (AvgIpc) is 2.03. The molecule has 0 aliphatic carbocycles. The van der Waals surface area contributed by atoms with Gasteiger partial charge in [-0.2, -0.15) is 0 Å². The van der Waals surface area contributed by atoms with Crippen LogP contribution in [0.5, 0.6) is 5.75 Å². The van der Waals surface area contributed by atoms with Crippen molar-refractivity contribution in [3.05, 3.63) is 24.8 Å². The van der Waals surface area contributed by atoms with Gasteiger partial charge in [-0.25, -0.2) is 0 Å². The van der Waals surface area contributed by atoms with Crippen molar-refractivity contribution < 1.29 is 9.53 Å². The molecular weight excluding hydrogens is 394 g/mol. The average molecular weight is 402 g/mol. The number of ketones is 1. The van der Waals surface area contributed by atoms with Crippen LogP contribution in [0, 0.1) is 7.14 Å². The predicted octanol–water partition coefficient (Wildman–Crippen LogP) is 3.11. The van der Waals surface area contributed by atoms with E-state index < -0.39 is 0 Å². The molecule has 0 aromatic heterocycles. The van der Waals surface area contributed by atoms with Gasteiger partial charge in [0.1, 0.15) is 5.75 Å². The number of hydrogen-bond donors (Lipinski definition) is 0. The Morgan fingerprint density at radius 1 is 1.31 bits per heavy atom. The first-order valence-electron chi connectivity index (χ1n) is 3.60. The van der Waals surface area contributed by atoms with E-state index in [0.29, 0.717) is 0 Å². The Hall–Kier alpha value is 0.150. The van der Waals surface area contributed by atoms with Gasteiger partial charge in [0.15, 0.2) is 5.78 Å². The van der Waals surface area contributed by atoms with Crippen LogP contribution in [0.2, 0.25) is 0 Å². The quantitative estimate of drug-likeness (QED) is 0.562. The highest BCUT2D eigenvalue weighted by molar-refractivity contribution is 14.1. The number of methoxy groups -OCH3 is 1. The molecule has 2 nitrogen and oxygen atoms in total. The summed E-state index contributed by atoms with van der Waals surface area (Å²) in [6, 6.07) is 3.67. The van der Waals surface area contributed by atoms with Gasteiger partial charge >= 0.3 is 0 Å². The van der Waals surface area contributed by atoms with E-state index in [2.05, 4.69) is 45.2 Å². The smallest absolute Gasteiger partial charge is 0.159 e. The lowest BCUT2D eigenvalue weighted by atomic mass is 10.1. The SMILES string of the molecule is COc1c(I)cc(C(C)=O)cc1I. The van der Waals surface area contributed by atoms with Gasteiger partial charge in [0, 0.05) is 5.56 Å². The molecule has 0 unspecified atom stereocenters. The van der Waals surface area contributed by atoms with E-state index in [9.17, 15) is 4.79 Å². The number of hydrogen-bond acceptors (Lipinski definition) is 2. The summed E-state index contributed by atoms with van der Waals surface area (Å²) < 4.78 is 7.12. The Morgan fingerprint density at radius 2 is 1.77 bits per heavy atom. The molecule has 0 spiro atoms. The van der Waals surface area contributed by atoms with Gasteiger partial charge < -0.3 is 4.74 Å². The molecule has 0 amide bonds. The van der Waals surface area contributed by atoms with Gasteiger partial charge in [0.05, 0.1) is 14.3 Å². The van der Waals surface area contributed by atoms with Crippen molar-refractivity contribution in [2.24, 2.45) is 0 Å². The Labute approximate surface area is 104 Å². The van der Waals surface area contributed by atoms with Crippen LogP contribution in [-0.4, -0.2) is 12.9 Å². The molecule has 0 saturated heterocycles. The lowest BCUT2D eigenvalue weighted by molar-refractivity contribution is 0.101. The minimum Gasteiger partial charge on any atom is -0.495 e. The second kappa shape index (κ2) is 4.59. The number of halogens is 2. The third-order valence-corrected chi connectivity index (χ3v) is 3.21. The topological polar surface area (TPSA) is 26.3 Å². The van der Waals surface area contributed by atoms with Crippen LogP contribution >= 0.6 is 45.2 Å². The highest BCUT2D eigenvalue weighted by Crippen LogP contribution is 2.28. The molecule has 70 valence electrons. The molecule has 0 aliphatic rings. The fraction of sp³-hybridized carbons (Fsp3) is 0.222. The summed E-state index contributed by atoms with van der Waals surface area (Å²) >= 11 is 4.33. The van der Waals surface area contributed by atoms with Crippen LogP contribution < -0.4 is 4.74 Å². The van der Waals surface area contributed by atoms with E-state index in [1.165, 1.54) is 0 Å². The molecule has 0 atom stereocenters. The lowest BCUT2D eigenvalue weighted by Gasteiger charge is -2.07. The van der Waals surface area contributed by atoms with Gasteiger partial charge in [-0.05, 0) is 64.2 Å². The summed E-state index contributed by atoms with van der Waals surface area (Å²) in [5, 5.41) is 0. The maximum atomic E-state index is 11.1. The molecule has 0 fully saturated rings. The van der Waals surface area contributed by atoms with Crippen molar-refractivity contribution in [2.45, 2.75) is 6.92 Å². The van der Waals surface area contributed by atoms with Crippen LogP contribution in [0.25, 0.3) is 0 Å². The van der Waals surface area contributed by atoms with Gasteiger partial charge in [-0.3, -0.25) is 4.79 Å². The van der Waals surface area contributed by atoms with E-state index in [-0.39, 0.29) is 5.78 Å². The minimum absolute atomic E-state index is 0.0819. The minimum atomic E-state index is 0.0819. The Morgan fingerprint density at radius 3 is 2.08 bits per heavy atom. The van der Waals surface area contributed by atoms with Gasteiger partial charge in [0.2, 0.25) is 0 Å². The summed E-state index contributed by atoms with van der Waals surface area (Å²) in [6.45, 7) is 1.56. The summed E-state index contributed by atoms with van der Waals surface area (Å²) in [4.78, 5) is 11.1. The first kappa shape index (κ1) is 11.2. The number of carbonyl (C=O) groups is 1. The molecule has 1 aromatic rings. The fourth-order valence-electron chi connectivity index (χ4n) is 0.958. The Bertz CT molecular complexity index is 324. The Balaban J connectivity index is 3.28. The highest BCUT2D eigenvalue weighted by Gasteiger charge is 2.09. The van der Waals surface area contributed by atoms with Crippen molar-refractivity contribution in [2.75, 3.05) is 7.11 Å². The number of rotatable bonds is 2. The lowest BCUT2D eigenvalue weighted by Crippen LogP contribution is -1.97. The van der Waals surface area contributed by atoms with Crippen molar-refractivity contribution >= 4 is 51.0 Å². The van der Waals surface area contributed by atoms with E-state index in [4.69, 9.17) is 4.74 Å². The second-order valence-corrected chi connectivity index (χ2v) is 4.85. The van der Waals surface area contributed by atoms with Crippen LogP contribution in [0.3, 0.4) is 0 Å². The van der Waals surface area contributed by atoms with Gasteiger partial charge in [-0.1, -0.05) is 0 Å². The molecule has 1 aromatic carbocycles. The molecule has 0 saturated carbocycles. The Kier molecular flexibility index (Phi) is 3.96. The van der Waals surface area contributed by atoms with Crippen molar-refractivity contribution in [1.82, 2.24) is 0 Å². The number of carbonyl (C=O) groups excluding carboxylic acids is 1. The third-order valence-electron chi connectivity index (χ3n) is 1.61. The first-order chi connectivity index (χ1) is 6.06. The largest absolute Gasteiger partial charge is 0.495 e. The molecule has 0 N–H and O–H groups in total. The zero-order valence-corrected chi connectivity index (χ0v) is 11.5. The summed E-state index contributed by atoms with van der Waals surface area (Å²) in [6.07, 6.45) is 0. The standard InChI is InChI=1S/C9H8I2O2/c1-5(12)6-3-7(10)9(13-2)8(11)4-6/h3-4H,1-2H3. The van der Waals surface area contributed by atoms with E-state index in [1.807, 2.05) is 12.1 Å². The number of ether oxygens (including phenoxy) is 1. The third kappa shape index (κ3) is 2.55. The maximum absolute atomic E-state index is 11.1. The van der Waals surface area contributed by atoms with Crippen LogP contribution in [0.4, 0.5) is 0 Å². The van der Waals surface area contributed by atoms with Gasteiger partial charge in [-0.15, -0.1) is 0 Å². The summed E-state index contributed by atoms with van der Waals surface area (Å²) in [5.41, 5.74) is 0.731. The zero-order valence-electron chi connectivity index (χ0n) is 7.23. The summed E-state index contributed by atoms with van der Waals surface area (Å²) in [5.74, 6) is 0.921. The van der Waals surface area contributed by atoms with Crippen molar-refractivity contribution in [1.29, 1.82) is 0 Å². The van der Waals surface area contributed by atoms with Crippen LogP contribution in [0.15, 0.2) is 12.1 Å². The predicted molar refractivity (Wildman–Crippen MR) is 68.4 cm³/mol. The van der Waals surface area contributed by atoms with E-state index in [1.54, 1.807) is 14.0 Å². The monoisotopic (exact) mass is 402 g/mol. The summed E-state index contributed by atoms with van der Waals surface area (Å²) in [7, 11) is 1.63. The maximum Gasteiger partial charge on any atom is 0.159 e. The number of benzene rings is 1. The van der Waals surface area contributed by atoms with Crippen LogP contribution in [-0.2, 0) is 0 Å².